The Balaban J connectivity index is 2.01. The minimum atomic E-state index is 0.383. The minimum Gasteiger partial charge on any atom is -0.298 e. The minimum absolute atomic E-state index is 0.383. The Morgan fingerprint density at radius 1 is 1.08 bits per heavy atom. The number of nitrogens with zero attached hydrogens (tertiary/aromatic N) is 1. The predicted molar refractivity (Wildman–Crippen MR) is 58.3 cm³/mol. The molecule has 1 radical (unpaired) electrons. The first-order valence-electron chi connectivity index (χ1n) is 5.62. The van der Waals surface area contributed by atoms with Crippen molar-refractivity contribution in [3.05, 3.63) is 0 Å². The molecule has 0 aromatic carbocycles. The van der Waals surface area contributed by atoms with Gasteiger partial charge in [-0.15, -0.1) is 0 Å². The molecule has 2 rings (SSSR count). The van der Waals surface area contributed by atoms with Crippen LogP contribution in [0, 0.1) is 11.8 Å². The number of hydrogen-bond donors (Lipinski definition) is 0. The van der Waals surface area contributed by atoms with Crippen molar-refractivity contribution in [3.63, 3.8) is 0 Å². The van der Waals surface area contributed by atoms with Crippen LogP contribution < -0.4 is 0 Å². The molecule has 0 amide bonds. The summed E-state index contributed by atoms with van der Waals surface area (Å²) >= 11 is 0. The van der Waals surface area contributed by atoms with Crippen molar-refractivity contribution in [1.29, 1.82) is 0 Å². The molecule has 2 heterocycles. The maximum atomic E-state index is 2.68. The molecule has 2 aliphatic heterocycles. The highest BCUT2D eigenvalue weighted by atomic mass is 15.2. The van der Waals surface area contributed by atoms with Crippen molar-refractivity contribution in [3.8, 4) is 0 Å². The molecular formula is C11H21BN. The van der Waals surface area contributed by atoms with Crippen molar-refractivity contribution in [1.82, 2.24) is 4.90 Å². The molecule has 0 N–H and O–H groups in total. The van der Waals surface area contributed by atoms with Gasteiger partial charge in [-0.3, -0.25) is 4.90 Å². The van der Waals surface area contributed by atoms with E-state index in [2.05, 4.69) is 33.0 Å². The van der Waals surface area contributed by atoms with Gasteiger partial charge in [0.15, 0.2) is 0 Å². The second kappa shape index (κ2) is 3.31. The van der Waals surface area contributed by atoms with Crippen molar-refractivity contribution in [2.45, 2.75) is 45.4 Å². The van der Waals surface area contributed by atoms with Gasteiger partial charge in [-0.25, -0.2) is 0 Å². The molecular weight excluding hydrogens is 157 g/mol. The lowest BCUT2D eigenvalue weighted by atomic mass is 9.55. The Hall–Kier alpha value is 0.0249. The van der Waals surface area contributed by atoms with Crippen LogP contribution in [0.4, 0.5) is 0 Å². The summed E-state index contributed by atoms with van der Waals surface area (Å²) in [6.45, 7) is 9.69. The average molecular weight is 178 g/mol. The van der Waals surface area contributed by atoms with E-state index in [1.807, 2.05) is 0 Å². The molecule has 2 heteroatoms. The third-order valence-corrected chi connectivity index (χ3v) is 3.57. The van der Waals surface area contributed by atoms with Gasteiger partial charge in [0.2, 0.25) is 0 Å². The Morgan fingerprint density at radius 3 is 2.08 bits per heavy atom. The van der Waals surface area contributed by atoms with E-state index >= 15 is 0 Å². The highest BCUT2D eigenvalue weighted by molar-refractivity contribution is 6.35. The van der Waals surface area contributed by atoms with Gasteiger partial charge in [-0.05, 0) is 39.0 Å². The summed E-state index contributed by atoms with van der Waals surface area (Å²) < 4.78 is 0. The molecule has 0 aliphatic carbocycles. The summed E-state index contributed by atoms with van der Waals surface area (Å²) in [6, 6.07) is 0. The Labute approximate surface area is 83.1 Å². The molecule has 2 fully saturated rings. The molecule has 2 atom stereocenters. The normalized spacial score (nSPS) is 35.6. The van der Waals surface area contributed by atoms with Gasteiger partial charge in [-0.1, -0.05) is 12.6 Å². The first kappa shape index (κ1) is 9.58. The molecule has 0 saturated carbocycles. The van der Waals surface area contributed by atoms with E-state index in [1.165, 1.54) is 32.2 Å². The van der Waals surface area contributed by atoms with Crippen molar-refractivity contribution >= 4 is 7.28 Å². The summed E-state index contributed by atoms with van der Waals surface area (Å²) in [4.78, 5) is 2.68. The molecule has 0 spiro atoms. The molecule has 0 aromatic heterocycles. The van der Waals surface area contributed by atoms with Crippen LogP contribution in [0.25, 0.3) is 0 Å². The van der Waals surface area contributed by atoms with E-state index in [4.69, 9.17) is 0 Å². The van der Waals surface area contributed by atoms with Crippen LogP contribution in [0.3, 0.4) is 0 Å². The Morgan fingerprint density at radius 2 is 1.62 bits per heavy atom. The van der Waals surface area contributed by atoms with Crippen molar-refractivity contribution in [2.75, 3.05) is 13.1 Å². The zero-order chi connectivity index (χ0) is 9.47. The van der Waals surface area contributed by atoms with Gasteiger partial charge in [0.05, 0.1) is 0 Å². The average Bonchev–Trinajstić information content (AvgIpc) is 2.01. The van der Waals surface area contributed by atoms with Gasteiger partial charge >= 0.3 is 0 Å². The number of likely N-dealkylation sites (tertiary alicyclic amines) is 1. The standard InChI is InChI=1S/C11H21BN/c1-11(2,3)13-7-9-4-10(8-13)6-12-5-9/h9-10H,4-8H2,1-3H3. The van der Waals surface area contributed by atoms with E-state index in [1.54, 1.807) is 0 Å². The second-order valence-corrected chi connectivity index (χ2v) is 5.80. The van der Waals surface area contributed by atoms with Crippen LogP contribution in [-0.2, 0) is 0 Å². The van der Waals surface area contributed by atoms with E-state index in [9.17, 15) is 0 Å². The summed E-state index contributed by atoms with van der Waals surface area (Å²) in [6.07, 6.45) is 4.22. The number of rotatable bonds is 0. The first-order valence-corrected chi connectivity index (χ1v) is 5.62. The smallest absolute Gasteiger partial charge is 0.110 e. The molecule has 0 aromatic rings. The molecule has 2 unspecified atom stereocenters. The highest BCUT2D eigenvalue weighted by Crippen LogP contribution is 2.34. The summed E-state index contributed by atoms with van der Waals surface area (Å²) in [5.74, 6) is 1.93. The fourth-order valence-electron chi connectivity index (χ4n) is 2.78. The van der Waals surface area contributed by atoms with Gasteiger partial charge in [-0.2, -0.15) is 0 Å². The Kier molecular flexibility index (Phi) is 2.44. The van der Waals surface area contributed by atoms with E-state index in [-0.39, 0.29) is 0 Å². The lowest BCUT2D eigenvalue weighted by Gasteiger charge is -2.47. The molecule has 73 valence electrons. The van der Waals surface area contributed by atoms with Crippen LogP contribution >= 0.6 is 0 Å². The van der Waals surface area contributed by atoms with E-state index in [0.29, 0.717) is 5.54 Å². The highest BCUT2D eigenvalue weighted by Gasteiger charge is 2.34. The lowest BCUT2D eigenvalue weighted by molar-refractivity contribution is 0.0526. The lowest BCUT2D eigenvalue weighted by Crippen LogP contribution is -2.51. The SMILES string of the molecule is CC(C)(C)N1CC2C[B]CC(C2)C1. The van der Waals surface area contributed by atoms with Crippen LogP contribution in [0.5, 0.6) is 0 Å². The van der Waals surface area contributed by atoms with Gasteiger partial charge in [0.25, 0.3) is 0 Å². The van der Waals surface area contributed by atoms with E-state index < -0.39 is 0 Å². The van der Waals surface area contributed by atoms with Crippen molar-refractivity contribution in [2.24, 2.45) is 11.8 Å². The molecule has 2 bridgehead atoms. The molecule has 1 nitrogen and oxygen atoms in total. The maximum absolute atomic E-state index is 2.68. The monoisotopic (exact) mass is 178 g/mol. The topological polar surface area (TPSA) is 3.24 Å². The van der Waals surface area contributed by atoms with Gasteiger partial charge in [0, 0.05) is 18.6 Å². The van der Waals surface area contributed by atoms with Crippen LogP contribution in [0.2, 0.25) is 12.6 Å². The molecule has 2 saturated heterocycles. The zero-order valence-electron chi connectivity index (χ0n) is 9.21. The van der Waals surface area contributed by atoms with Gasteiger partial charge < -0.3 is 0 Å². The maximum Gasteiger partial charge on any atom is 0.110 e. The van der Waals surface area contributed by atoms with Crippen molar-refractivity contribution < 1.29 is 0 Å². The van der Waals surface area contributed by atoms with Crippen LogP contribution in [-0.4, -0.2) is 30.8 Å². The summed E-state index contributed by atoms with van der Waals surface area (Å²) in [7, 11) is 2.51. The van der Waals surface area contributed by atoms with Crippen LogP contribution in [0.15, 0.2) is 0 Å². The number of piperidine rings is 1. The zero-order valence-corrected chi connectivity index (χ0v) is 9.21. The fourth-order valence-corrected chi connectivity index (χ4v) is 2.78. The fraction of sp³-hybridized carbons (Fsp3) is 1.00. The van der Waals surface area contributed by atoms with Gasteiger partial charge in [0.1, 0.15) is 7.28 Å². The van der Waals surface area contributed by atoms with Crippen LogP contribution in [0.1, 0.15) is 27.2 Å². The summed E-state index contributed by atoms with van der Waals surface area (Å²) in [5, 5.41) is 0. The third kappa shape index (κ3) is 2.09. The predicted octanol–water partition coefficient (Wildman–Crippen LogP) is 2.28. The molecule has 2 aliphatic rings. The largest absolute Gasteiger partial charge is 0.298 e. The first-order chi connectivity index (χ1) is 6.05. The second-order valence-electron chi connectivity index (χ2n) is 5.80. The quantitative estimate of drug-likeness (QED) is 0.514. The van der Waals surface area contributed by atoms with E-state index in [0.717, 1.165) is 11.8 Å². The Bertz CT molecular complexity index is 173. The molecule has 13 heavy (non-hydrogen) atoms. The number of fused-ring (bicyclic) bond motifs is 2. The third-order valence-electron chi connectivity index (χ3n) is 3.57. The summed E-state index contributed by atoms with van der Waals surface area (Å²) in [5.41, 5.74) is 0.383. The number of hydrogen-bond acceptors (Lipinski definition) is 1.